The van der Waals surface area contributed by atoms with Gasteiger partial charge in [-0.1, -0.05) is 191 Å². The molecule has 7 heterocycles. The van der Waals surface area contributed by atoms with Gasteiger partial charge in [0.15, 0.2) is 0 Å². The molecule has 0 radical (unpaired) electrons. The highest BCUT2D eigenvalue weighted by atomic mass is 19.1. The van der Waals surface area contributed by atoms with Crippen LogP contribution in [0.3, 0.4) is 0 Å². The number of hydrogen-bond acceptors (Lipinski definition) is 10. The lowest BCUT2D eigenvalue weighted by Gasteiger charge is -2.31. The largest absolute Gasteiger partial charge is 0.378 e. The summed E-state index contributed by atoms with van der Waals surface area (Å²) in [7, 11) is 6.87. The van der Waals surface area contributed by atoms with Crippen molar-refractivity contribution >= 4 is 53.2 Å². The summed E-state index contributed by atoms with van der Waals surface area (Å²) >= 11 is 0. The number of morpholine rings is 1. The van der Waals surface area contributed by atoms with Crippen molar-refractivity contribution in [1.82, 2.24) is 44.1 Å². The molecule has 0 N–H and O–H groups in total. The first kappa shape index (κ1) is 122. The fourth-order valence-electron chi connectivity index (χ4n) is 18.6. The molecule has 7 aliphatic rings. The van der Waals surface area contributed by atoms with Crippen LogP contribution in [0.25, 0.3) is 0 Å². The van der Waals surface area contributed by atoms with Gasteiger partial charge in [-0.2, -0.15) is 0 Å². The molecule has 7 fully saturated rings. The number of piperidine rings is 1. The van der Waals surface area contributed by atoms with Gasteiger partial charge >= 0.3 is 0 Å². The van der Waals surface area contributed by atoms with Crippen LogP contribution < -0.4 is 0 Å². The van der Waals surface area contributed by atoms with Crippen LogP contribution in [-0.4, -0.2) is 229 Å². The van der Waals surface area contributed by atoms with Crippen molar-refractivity contribution in [3.63, 3.8) is 0 Å². The molecular formula is C126H171F4N9O10. The number of nitrogens with zero attached hydrogens (tertiary/aromatic N) is 9. The van der Waals surface area contributed by atoms with Crippen molar-refractivity contribution in [2.75, 3.05) is 120 Å². The summed E-state index contributed by atoms with van der Waals surface area (Å²) < 4.78 is 59.1. The average Bonchev–Trinajstić information content (AvgIpc) is 1.67. The second-order valence-electron chi connectivity index (χ2n) is 43.7. The molecule has 7 saturated heterocycles. The van der Waals surface area contributed by atoms with Crippen LogP contribution in [0.5, 0.6) is 0 Å². The zero-order chi connectivity index (χ0) is 110. The Kier molecular flexibility index (Phi) is 48.7. The highest BCUT2D eigenvalue weighted by Crippen LogP contribution is 2.32. The van der Waals surface area contributed by atoms with Crippen molar-refractivity contribution in [3.8, 4) is 0 Å². The Morgan fingerprint density at radius 2 is 0.570 bits per heavy atom. The van der Waals surface area contributed by atoms with E-state index in [1.54, 1.807) is 72.1 Å². The number of aryl methyl sites for hydroxylation is 1. The number of amides is 9. The Balaban J connectivity index is 0.000000204. The molecule has 23 heteroatoms. The van der Waals surface area contributed by atoms with E-state index in [2.05, 4.69) is 126 Å². The van der Waals surface area contributed by atoms with E-state index in [1.807, 2.05) is 162 Å². The Labute approximate surface area is 888 Å². The second kappa shape index (κ2) is 59.5. The van der Waals surface area contributed by atoms with Crippen molar-refractivity contribution in [2.45, 2.75) is 295 Å². The van der Waals surface area contributed by atoms with Crippen LogP contribution in [0.4, 0.5) is 17.6 Å². The van der Waals surface area contributed by atoms with Crippen molar-refractivity contribution < 1.29 is 65.4 Å². The van der Waals surface area contributed by atoms with E-state index in [0.717, 1.165) is 197 Å². The van der Waals surface area contributed by atoms with Crippen LogP contribution in [-0.2, 0) is 4.74 Å². The highest BCUT2D eigenvalue weighted by molar-refractivity contribution is 6.00. The third kappa shape index (κ3) is 36.6. The topological polar surface area (TPSA) is 192 Å². The highest BCUT2D eigenvalue weighted by Gasteiger charge is 2.34. The zero-order valence-corrected chi connectivity index (χ0v) is 94.2. The molecule has 16 rings (SSSR count). The first-order chi connectivity index (χ1) is 70.6. The van der Waals surface area contributed by atoms with Crippen LogP contribution in [0.1, 0.15) is 423 Å². The van der Waals surface area contributed by atoms with Gasteiger partial charge in [0.1, 0.15) is 23.3 Å². The van der Waals surface area contributed by atoms with Crippen molar-refractivity contribution in [2.24, 2.45) is 0 Å². The van der Waals surface area contributed by atoms with E-state index < -0.39 is 5.82 Å². The standard InChI is InChI=1S/C16H23NO.2C15H21NO.C14H18FNO2.2C14H18FNO.C13H17NO.C13H19NO.C12H16FNO/c1-11(2)14-6-5-7-15(10-14)16(18)17-12(3)8-9-13(17)4;1-11(2)13-7-6-12(3)14(10-13)15(17)16-8-4-5-9-16;1-12(2)13-7-6-8-14(11-13)15(17)16-9-4-3-5-10-16;1-10(2)11-7-12(9-13(15)8-11)14(17)16-3-5-18-6-4-16;1-10(2)11-5-6-13(15)12(9-11)14(17)16-7-3-4-8-16;1-10(2)11-7-12(9-13(15)8-11)14(17)16-5-3-4-6-16;1-10(2)11-5-3-6-12(9-11)13(15)14-7-4-8-14;1-9(2)11-7-6-8-12(10(11)3)13(15)14(4)5;1-8(2)9-5-10(7-11(13)6-9)12(15)14(3)4/h5-7,10-13H,8-9H2,1-4H3;6-7,10-11H,4-5,8-9H2,1-3H3;6-8,11-12H,3-5,9-10H2,1-2H3;7-10H,3-6H2,1-2H3;5-6,9-10H,3-4,7-8H2,1-2H3;7-10H,3-6H2,1-2H3;3,5-6,9-10H,4,7-8H2,1-2H3;6-9H,1-5H3;5-8H,1-4H3/t12-,13-;;;;;;;;/m1......../s1. The van der Waals surface area contributed by atoms with E-state index in [0.29, 0.717) is 90.6 Å². The minimum atomic E-state index is -0.411. The van der Waals surface area contributed by atoms with Gasteiger partial charge in [-0.05, 0) is 334 Å². The number of benzene rings is 9. The summed E-state index contributed by atoms with van der Waals surface area (Å²) in [6.45, 7) is 56.7. The van der Waals surface area contributed by atoms with Crippen LogP contribution >= 0.6 is 0 Å². The summed E-state index contributed by atoms with van der Waals surface area (Å²) in [4.78, 5) is 125. The maximum Gasteiger partial charge on any atom is 0.256 e. The van der Waals surface area contributed by atoms with Gasteiger partial charge in [-0.15, -0.1) is 0 Å². The van der Waals surface area contributed by atoms with Gasteiger partial charge in [0, 0.05) is 163 Å². The summed E-state index contributed by atoms with van der Waals surface area (Å²) in [6, 6.07) is 55.6. The smallest absolute Gasteiger partial charge is 0.256 e. The van der Waals surface area contributed by atoms with Crippen LogP contribution in [0.2, 0.25) is 0 Å². The van der Waals surface area contributed by atoms with Crippen LogP contribution in [0.15, 0.2) is 182 Å². The second-order valence-corrected chi connectivity index (χ2v) is 43.7. The Hall–Kier alpha value is -12.1. The Bertz CT molecular complexity index is 5800. The van der Waals surface area contributed by atoms with Gasteiger partial charge in [0.25, 0.3) is 53.2 Å². The molecule has 19 nitrogen and oxygen atoms in total. The third-order valence-corrected chi connectivity index (χ3v) is 28.4. The predicted octanol–water partition coefficient (Wildman–Crippen LogP) is 27.5. The van der Waals surface area contributed by atoms with Gasteiger partial charge in [0.05, 0.1) is 18.8 Å². The molecule has 9 aromatic carbocycles. The minimum Gasteiger partial charge on any atom is -0.378 e. The maximum absolute atomic E-state index is 13.7. The van der Waals surface area contributed by atoms with E-state index >= 15 is 0 Å². The molecule has 0 aromatic heterocycles. The molecule has 0 saturated carbocycles. The molecular weight excluding hydrogens is 1880 g/mol. The monoisotopic (exact) mass is 2050 g/mol. The van der Waals surface area contributed by atoms with E-state index in [-0.39, 0.29) is 93.9 Å². The molecule has 808 valence electrons. The molecule has 0 bridgehead atoms. The fourth-order valence-corrected chi connectivity index (χ4v) is 18.6. The van der Waals surface area contributed by atoms with Crippen molar-refractivity contribution in [3.05, 3.63) is 317 Å². The minimum absolute atomic E-state index is 0.0381. The summed E-state index contributed by atoms with van der Waals surface area (Å²) in [5.74, 6) is 2.26. The number of likely N-dealkylation sites (tertiary alicyclic amines) is 6. The molecule has 9 amide bonds. The molecule has 7 aliphatic heterocycles. The normalized spacial score (nSPS) is 15.7. The molecule has 0 unspecified atom stereocenters. The molecule has 149 heavy (non-hydrogen) atoms. The number of hydrogen-bond donors (Lipinski definition) is 0. The lowest BCUT2D eigenvalue weighted by atomic mass is 9.94. The number of carbonyl (C=O) groups is 9. The number of halogens is 4. The first-order valence-electron chi connectivity index (χ1n) is 54.4. The van der Waals surface area contributed by atoms with E-state index in [4.69, 9.17) is 4.74 Å². The van der Waals surface area contributed by atoms with Crippen LogP contribution in [0, 0.1) is 37.1 Å². The number of ether oxygens (including phenoxy) is 1. The quantitative estimate of drug-likeness (QED) is 0.0747. The molecule has 9 aromatic rings. The van der Waals surface area contributed by atoms with Gasteiger partial charge in [0.2, 0.25) is 0 Å². The maximum atomic E-state index is 13.7. The number of rotatable bonds is 18. The van der Waals surface area contributed by atoms with Gasteiger partial charge in [-0.3, -0.25) is 43.2 Å². The van der Waals surface area contributed by atoms with Gasteiger partial charge in [-0.25, -0.2) is 17.6 Å². The first-order valence-corrected chi connectivity index (χ1v) is 54.4. The third-order valence-electron chi connectivity index (χ3n) is 28.4. The number of carbonyl (C=O) groups excluding carboxylic acids is 9. The molecule has 0 aliphatic carbocycles. The summed E-state index contributed by atoms with van der Waals surface area (Å²) in [5, 5.41) is 0. The Morgan fingerprint density at radius 3 is 0.926 bits per heavy atom. The SMILES string of the molecule is CC(C)c1cc(F)cc(C(=O)N(C)C)c1.CC(C)c1cc(F)cc(C(=O)N2CCCC2)c1.CC(C)c1cc(F)cc(C(=O)N2CCOCC2)c1.CC(C)c1ccc(F)c(C(=O)N2CCCC2)c1.CC(C)c1cccc(C(=O)N2CCC2)c1.CC(C)c1cccc(C(=O)N2CCCCC2)c1.CC(C)c1cccc(C(=O)N2[C@H](C)CC[C@H]2C)c1.Cc1c(C(=O)N(C)C)cccc1C(C)C.Cc1ccc(C(C)C)cc1C(=O)N1CCCC1. The van der Waals surface area contributed by atoms with E-state index in [1.165, 1.54) is 81.6 Å². The summed E-state index contributed by atoms with van der Waals surface area (Å²) in [5.41, 5.74) is 17.8. The Morgan fingerprint density at radius 1 is 0.275 bits per heavy atom. The summed E-state index contributed by atoms with van der Waals surface area (Å²) in [6.07, 6.45) is 13.4. The zero-order valence-electron chi connectivity index (χ0n) is 94.2. The predicted molar refractivity (Wildman–Crippen MR) is 597 cm³/mol. The molecule has 2 atom stereocenters. The average molecular weight is 2050 g/mol. The lowest BCUT2D eigenvalue weighted by molar-refractivity contribution is 0.0302. The fraction of sp³-hybridized carbons (Fsp3) is 0.500. The molecule has 0 spiro atoms. The van der Waals surface area contributed by atoms with Crippen molar-refractivity contribution in [1.29, 1.82) is 0 Å². The lowest BCUT2D eigenvalue weighted by Crippen LogP contribution is -2.42. The van der Waals surface area contributed by atoms with E-state index in [9.17, 15) is 60.7 Å². The van der Waals surface area contributed by atoms with Gasteiger partial charge < -0.3 is 48.8 Å².